The molecule has 2 aromatic rings. The molecule has 21 heavy (non-hydrogen) atoms. The summed E-state index contributed by atoms with van der Waals surface area (Å²) in [6.07, 6.45) is 5.55. The van der Waals surface area contributed by atoms with Crippen molar-refractivity contribution in [3.8, 4) is 0 Å². The number of aromatic nitrogens is 1. The molecule has 2 rings (SSSR count). The number of hydrogen-bond acceptors (Lipinski definition) is 2. The van der Waals surface area contributed by atoms with Gasteiger partial charge in [-0.3, -0.25) is 9.78 Å². The Morgan fingerprint density at radius 3 is 2.67 bits per heavy atom. The molecule has 0 aliphatic heterocycles. The Balaban J connectivity index is 1.89. The number of hydrogen-bond donors (Lipinski definition) is 1. The molecule has 1 amide bonds. The van der Waals surface area contributed by atoms with Crippen LogP contribution in [0.15, 0.2) is 48.8 Å². The van der Waals surface area contributed by atoms with E-state index in [2.05, 4.69) is 17.2 Å². The van der Waals surface area contributed by atoms with E-state index in [1.54, 1.807) is 12.4 Å². The standard InChI is InChI=1S/C17H19ClN2O/c1-2-16(14-6-8-15(18)9-7-14)20-17(21)10-5-13-4-3-11-19-12-13/h3-4,6-9,11-12,16H,2,5,10H2,1H3,(H,20,21). The van der Waals surface area contributed by atoms with Crippen LogP contribution in [0.1, 0.15) is 36.9 Å². The zero-order valence-corrected chi connectivity index (χ0v) is 12.8. The van der Waals surface area contributed by atoms with Crippen LogP contribution < -0.4 is 5.32 Å². The highest BCUT2D eigenvalue weighted by atomic mass is 35.5. The SMILES string of the molecule is CCC(NC(=O)CCc1cccnc1)c1ccc(Cl)cc1. The maximum Gasteiger partial charge on any atom is 0.220 e. The van der Waals surface area contributed by atoms with E-state index in [4.69, 9.17) is 11.6 Å². The second-order valence-corrected chi connectivity index (χ2v) is 5.38. The molecular formula is C17H19ClN2O. The Morgan fingerprint density at radius 1 is 1.29 bits per heavy atom. The Labute approximate surface area is 130 Å². The largest absolute Gasteiger partial charge is 0.349 e. The maximum atomic E-state index is 12.1. The average Bonchev–Trinajstić information content (AvgIpc) is 2.52. The minimum Gasteiger partial charge on any atom is -0.349 e. The molecule has 0 saturated heterocycles. The molecule has 1 aromatic carbocycles. The second kappa shape index (κ2) is 7.79. The van der Waals surface area contributed by atoms with Gasteiger partial charge in [-0.2, -0.15) is 0 Å². The van der Waals surface area contributed by atoms with Crippen molar-refractivity contribution in [3.05, 3.63) is 64.9 Å². The lowest BCUT2D eigenvalue weighted by Crippen LogP contribution is -2.28. The van der Waals surface area contributed by atoms with Crippen molar-refractivity contribution in [2.75, 3.05) is 0 Å². The summed E-state index contributed by atoms with van der Waals surface area (Å²) in [7, 11) is 0. The molecule has 1 N–H and O–H groups in total. The maximum absolute atomic E-state index is 12.1. The third-order valence-corrected chi connectivity index (χ3v) is 3.63. The fraction of sp³-hybridized carbons (Fsp3) is 0.294. The van der Waals surface area contributed by atoms with Crippen LogP contribution in [-0.2, 0) is 11.2 Å². The zero-order valence-electron chi connectivity index (χ0n) is 12.1. The fourth-order valence-electron chi connectivity index (χ4n) is 2.19. The van der Waals surface area contributed by atoms with Crippen LogP contribution in [0, 0.1) is 0 Å². The van der Waals surface area contributed by atoms with Crippen molar-refractivity contribution in [2.45, 2.75) is 32.2 Å². The third kappa shape index (κ3) is 4.87. The summed E-state index contributed by atoms with van der Waals surface area (Å²) in [5.74, 6) is 0.0562. The molecule has 0 radical (unpaired) electrons. The number of halogens is 1. The number of carbonyl (C=O) groups excluding carboxylic acids is 1. The van der Waals surface area contributed by atoms with Gasteiger partial charge >= 0.3 is 0 Å². The van der Waals surface area contributed by atoms with Crippen molar-refractivity contribution in [1.82, 2.24) is 10.3 Å². The molecule has 1 aromatic heterocycles. The van der Waals surface area contributed by atoms with Gasteiger partial charge in [0, 0.05) is 23.8 Å². The molecule has 4 heteroatoms. The first-order valence-corrected chi connectivity index (χ1v) is 7.50. The number of amides is 1. The molecule has 0 aliphatic rings. The molecule has 110 valence electrons. The van der Waals surface area contributed by atoms with Gasteiger partial charge in [-0.05, 0) is 42.2 Å². The number of rotatable bonds is 6. The highest BCUT2D eigenvalue weighted by Crippen LogP contribution is 2.19. The summed E-state index contributed by atoms with van der Waals surface area (Å²) >= 11 is 5.89. The molecule has 3 nitrogen and oxygen atoms in total. The number of aryl methyl sites for hydroxylation is 1. The molecule has 1 unspecified atom stereocenters. The van der Waals surface area contributed by atoms with Crippen LogP contribution in [0.5, 0.6) is 0 Å². The van der Waals surface area contributed by atoms with Gasteiger partial charge in [0.25, 0.3) is 0 Å². The average molecular weight is 303 g/mol. The summed E-state index contributed by atoms with van der Waals surface area (Å²) < 4.78 is 0. The lowest BCUT2D eigenvalue weighted by Gasteiger charge is -2.17. The first-order valence-electron chi connectivity index (χ1n) is 7.12. The lowest BCUT2D eigenvalue weighted by molar-refractivity contribution is -0.121. The normalized spacial score (nSPS) is 11.9. The molecule has 0 bridgehead atoms. The van der Waals surface area contributed by atoms with Gasteiger partial charge in [0.1, 0.15) is 0 Å². The molecule has 1 heterocycles. The molecule has 0 fully saturated rings. The van der Waals surface area contributed by atoms with E-state index in [-0.39, 0.29) is 11.9 Å². The summed E-state index contributed by atoms with van der Waals surface area (Å²) in [5, 5.41) is 3.78. The van der Waals surface area contributed by atoms with E-state index in [1.165, 1.54) is 0 Å². The fourth-order valence-corrected chi connectivity index (χ4v) is 2.31. The van der Waals surface area contributed by atoms with Crippen LogP contribution >= 0.6 is 11.6 Å². The Morgan fingerprint density at radius 2 is 2.05 bits per heavy atom. The summed E-state index contributed by atoms with van der Waals surface area (Å²) in [5.41, 5.74) is 2.16. The van der Waals surface area contributed by atoms with E-state index in [0.717, 1.165) is 17.5 Å². The van der Waals surface area contributed by atoms with E-state index in [0.29, 0.717) is 17.9 Å². The van der Waals surface area contributed by atoms with Gasteiger partial charge in [-0.1, -0.05) is 36.7 Å². The highest BCUT2D eigenvalue weighted by molar-refractivity contribution is 6.30. The third-order valence-electron chi connectivity index (χ3n) is 3.38. The Kier molecular flexibility index (Phi) is 5.76. The Bertz CT molecular complexity index is 569. The van der Waals surface area contributed by atoms with Crippen LogP contribution in [0.4, 0.5) is 0 Å². The summed E-state index contributed by atoms with van der Waals surface area (Å²) in [4.78, 5) is 16.1. The van der Waals surface area contributed by atoms with Crippen LogP contribution in [-0.4, -0.2) is 10.9 Å². The molecule has 0 spiro atoms. The zero-order chi connectivity index (χ0) is 15.1. The Hall–Kier alpha value is -1.87. The molecular weight excluding hydrogens is 284 g/mol. The number of benzene rings is 1. The van der Waals surface area contributed by atoms with E-state index >= 15 is 0 Å². The highest BCUT2D eigenvalue weighted by Gasteiger charge is 2.12. The second-order valence-electron chi connectivity index (χ2n) is 4.94. The van der Waals surface area contributed by atoms with Crippen molar-refractivity contribution >= 4 is 17.5 Å². The quantitative estimate of drug-likeness (QED) is 0.878. The lowest BCUT2D eigenvalue weighted by atomic mass is 10.0. The van der Waals surface area contributed by atoms with Crippen molar-refractivity contribution in [3.63, 3.8) is 0 Å². The van der Waals surface area contributed by atoms with Gasteiger partial charge in [0.2, 0.25) is 5.91 Å². The number of nitrogens with zero attached hydrogens (tertiary/aromatic N) is 1. The minimum absolute atomic E-state index is 0.0312. The first kappa shape index (κ1) is 15.5. The first-order chi connectivity index (χ1) is 10.2. The topological polar surface area (TPSA) is 42.0 Å². The van der Waals surface area contributed by atoms with E-state index in [1.807, 2.05) is 36.4 Å². The van der Waals surface area contributed by atoms with Crippen LogP contribution in [0.3, 0.4) is 0 Å². The number of nitrogens with one attached hydrogen (secondary N) is 1. The van der Waals surface area contributed by atoms with E-state index < -0.39 is 0 Å². The monoisotopic (exact) mass is 302 g/mol. The molecule has 0 saturated carbocycles. The number of carbonyl (C=O) groups is 1. The van der Waals surface area contributed by atoms with Crippen molar-refractivity contribution in [1.29, 1.82) is 0 Å². The molecule has 1 atom stereocenters. The summed E-state index contributed by atoms with van der Waals surface area (Å²) in [6, 6.07) is 11.5. The smallest absolute Gasteiger partial charge is 0.220 e. The summed E-state index contributed by atoms with van der Waals surface area (Å²) in [6.45, 7) is 2.06. The van der Waals surface area contributed by atoms with Crippen molar-refractivity contribution < 1.29 is 4.79 Å². The van der Waals surface area contributed by atoms with Crippen molar-refractivity contribution in [2.24, 2.45) is 0 Å². The van der Waals surface area contributed by atoms with Gasteiger partial charge in [-0.15, -0.1) is 0 Å². The minimum atomic E-state index is 0.0312. The van der Waals surface area contributed by atoms with Crippen LogP contribution in [0.2, 0.25) is 5.02 Å². The van der Waals surface area contributed by atoms with Crippen LogP contribution in [0.25, 0.3) is 0 Å². The predicted molar refractivity (Wildman–Crippen MR) is 85.2 cm³/mol. The predicted octanol–water partition coefficient (Wildman–Crippen LogP) is 3.94. The van der Waals surface area contributed by atoms with Gasteiger partial charge in [0.05, 0.1) is 6.04 Å². The van der Waals surface area contributed by atoms with E-state index in [9.17, 15) is 4.79 Å². The van der Waals surface area contributed by atoms with Gasteiger partial charge < -0.3 is 5.32 Å². The van der Waals surface area contributed by atoms with Gasteiger partial charge in [0.15, 0.2) is 0 Å². The number of pyridine rings is 1. The molecule has 0 aliphatic carbocycles. The van der Waals surface area contributed by atoms with Gasteiger partial charge in [-0.25, -0.2) is 0 Å².